The van der Waals surface area contributed by atoms with E-state index in [9.17, 15) is 9.59 Å². The van der Waals surface area contributed by atoms with E-state index in [0.717, 1.165) is 47.0 Å². The molecule has 0 unspecified atom stereocenters. The van der Waals surface area contributed by atoms with Gasteiger partial charge in [-0.1, -0.05) is 27.7 Å². The van der Waals surface area contributed by atoms with Crippen LogP contribution in [0, 0.1) is 39.5 Å². The van der Waals surface area contributed by atoms with Crippen molar-refractivity contribution < 1.29 is 19.1 Å². The largest absolute Gasteiger partial charge is 0.465 e. The number of hydrogen-bond donors (Lipinski definition) is 0. The minimum Gasteiger partial charge on any atom is -0.465 e. The van der Waals surface area contributed by atoms with Crippen LogP contribution in [0.1, 0.15) is 68.0 Å². The molecule has 33 heavy (non-hydrogen) atoms. The third kappa shape index (κ3) is 7.72. The molecule has 0 saturated heterocycles. The lowest BCUT2D eigenvalue weighted by molar-refractivity contribution is -0.145. The smallest absolute Gasteiger partial charge is 0.310 e. The molecule has 2 aromatic rings. The van der Waals surface area contributed by atoms with Gasteiger partial charge in [0.15, 0.2) is 0 Å². The summed E-state index contributed by atoms with van der Waals surface area (Å²) in [4.78, 5) is 24.5. The van der Waals surface area contributed by atoms with Gasteiger partial charge in [-0.25, -0.2) is 0 Å². The molecule has 0 bridgehead atoms. The van der Waals surface area contributed by atoms with E-state index in [1.165, 1.54) is 0 Å². The summed E-state index contributed by atoms with van der Waals surface area (Å²) in [6.45, 7) is 18.4. The van der Waals surface area contributed by atoms with Gasteiger partial charge < -0.3 is 9.47 Å². The molecular weight excluding hydrogens is 420 g/mol. The van der Waals surface area contributed by atoms with E-state index in [0.29, 0.717) is 18.3 Å². The summed E-state index contributed by atoms with van der Waals surface area (Å²) < 4.78 is 14.6. The van der Waals surface area contributed by atoms with Gasteiger partial charge in [-0.05, 0) is 39.5 Å². The molecule has 0 atom stereocenters. The Bertz CT molecular complexity index is 880. The van der Waals surface area contributed by atoms with Crippen LogP contribution in [0.25, 0.3) is 0 Å². The zero-order valence-electron chi connectivity index (χ0n) is 21.5. The molecule has 0 aromatic carbocycles. The number of rotatable bonds is 12. The standard InChI is InChI=1S/C25H40N4O4/c1-16(2)14-28-20(7)22(18(5)26-28)12-24(30)32-10-9-11-33-25(31)13-23-19(6)27-29(21(23)8)15-17(3)4/h16-17H,9-15H2,1-8H3. The predicted octanol–water partition coefficient (Wildman–Crippen LogP) is 3.89. The van der Waals surface area contributed by atoms with Crippen LogP contribution in [0.2, 0.25) is 0 Å². The number of esters is 2. The zero-order chi connectivity index (χ0) is 24.7. The average molecular weight is 461 g/mol. The van der Waals surface area contributed by atoms with Crippen molar-refractivity contribution in [2.24, 2.45) is 11.8 Å². The van der Waals surface area contributed by atoms with Crippen molar-refractivity contribution in [1.29, 1.82) is 0 Å². The highest BCUT2D eigenvalue weighted by atomic mass is 16.5. The first-order chi connectivity index (χ1) is 15.5. The van der Waals surface area contributed by atoms with Gasteiger partial charge in [0.1, 0.15) is 0 Å². The van der Waals surface area contributed by atoms with E-state index in [1.807, 2.05) is 37.1 Å². The topological polar surface area (TPSA) is 88.2 Å². The molecule has 2 heterocycles. The van der Waals surface area contributed by atoms with Crippen LogP contribution in [0.5, 0.6) is 0 Å². The molecule has 2 aromatic heterocycles. The Balaban J connectivity index is 1.73. The number of nitrogens with zero attached hydrogens (tertiary/aromatic N) is 4. The van der Waals surface area contributed by atoms with Gasteiger partial charge in [0.25, 0.3) is 0 Å². The predicted molar refractivity (Wildman–Crippen MR) is 127 cm³/mol. The second-order valence-corrected chi connectivity index (χ2v) is 9.60. The minimum absolute atomic E-state index is 0.203. The molecule has 184 valence electrons. The first-order valence-electron chi connectivity index (χ1n) is 11.9. The molecule has 0 aliphatic carbocycles. The Morgan fingerprint density at radius 3 is 1.42 bits per heavy atom. The Morgan fingerprint density at radius 1 is 0.727 bits per heavy atom. The minimum atomic E-state index is -0.291. The van der Waals surface area contributed by atoms with Gasteiger partial charge in [0.2, 0.25) is 0 Å². The maximum atomic E-state index is 12.3. The molecule has 0 N–H and O–H groups in total. The van der Waals surface area contributed by atoms with E-state index in [2.05, 4.69) is 37.9 Å². The van der Waals surface area contributed by atoms with Gasteiger partial charge in [-0.3, -0.25) is 19.0 Å². The summed E-state index contributed by atoms with van der Waals surface area (Å²) in [6.07, 6.45) is 0.871. The fourth-order valence-electron chi connectivity index (χ4n) is 3.85. The van der Waals surface area contributed by atoms with E-state index in [1.54, 1.807) is 0 Å². The molecule has 0 spiro atoms. The first kappa shape index (κ1) is 26.6. The van der Waals surface area contributed by atoms with Gasteiger partial charge in [-0.2, -0.15) is 10.2 Å². The summed E-state index contributed by atoms with van der Waals surface area (Å²) in [5, 5.41) is 9.08. The number of ether oxygens (including phenoxy) is 2. The maximum Gasteiger partial charge on any atom is 0.310 e. The Hall–Kier alpha value is -2.64. The number of carbonyl (C=O) groups excluding carboxylic acids is 2. The molecule has 0 radical (unpaired) electrons. The Labute approximate surface area is 197 Å². The van der Waals surface area contributed by atoms with Gasteiger partial charge in [0, 0.05) is 42.0 Å². The second-order valence-electron chi connectivity index (χ2n) is 9.60. The average Bonchev–Trinajstić information content (AvgIpc) is 3.11. The second kappa shape index (κ2) is 12.0. The van der Waals surface area contributed by atoms with Crippen LogP contribution < -0.4 is 0 Å². The number of aromatic nitrogens is 4. The lowest BCUT2D eigenvalue weighted by Crippen LogP contribution is -2.14. The van der Waals surface area contributed by atoms with Crippen molar-refractivity contribution in [2.45, 2.75) is 87.7 Å². The van der Waals surface area contributed by atoms with Crippen molar-refractivity contribution in [3.05, 3.63) is 33.9 Å². The lowest BCUT2D eigenvalue weighted by Gasteiger charge is -2.09. The highest BCUT2D eigenvalue weighted by molar-refractivity contribution is 5.73. The van der Waals surface area contributed by atoms with Crippen molar-refractivity contribution in [1.82, 2.24) is 19.6 Å². The third-order valence-electron chi connectivity index (χ3n) is 5.60. The van der Waals surface area contributed by atoms with Crippen molar-refractivity contribution in [2.75, 3.05) is 13.2 Å². The van der Waals surface area contributed by atoms with Gasteiger partial charge in [0.05, 0.1) is 37.4 Å². The fraction of sp³-hybridized carbons (Fsp3) is 0.680. The lowest BCUT2D eigenvalue weighted by atomic mass is 10.1. The summed E-state index contributed by atoms with van der Waals surface area (Å²) in [6, 6.07) is 0. The molecule has 0 aliphatic rings. The summed E-state index contributed by atoms with van der Waals surface area (Å²) >= 11 is 0. The SMILES string of the molecule is Cc1nn(CC(C)C)c(C)c1CC(=O)OCCCOC(=O)Cc1c(C)nn(CC(C)C)c1C. The number of hydrogen-bond acceptors (Lipinski definition) is 6. The normalized spacial score (nSPS) is 11.5. The molecule has 2 rings (SSSR count). The number of carbonyl (C=O) groups is 2. The van der Waals surface area contributed by atoms with Crippen LogP contribution in [-0.4, -0.2) is 44.7 Å². The van der Waals surface area contributed by atoms with Crippen LogP contribution in [0.4, 0.5) is 0 Å². The van der Waals surface area contributed by atoms with Crippen LogP contribution in [-0.2, 0) is 45.0 Å². The summed E-state index contributed by atoms with van der Waals surface area (Å²) in [7, 11) is 0. The van der Waals surface area contributed by atoms with E-state index in [4.69, 9.17) is 9.47 Å². The Morgan fingerprint density at radius 2 is 1.09 bits per heavy atom. The van der Waals surface area contributed by atoms with Crippen molar-refractivity contribution in [3.63, 3.8) is 0 Å². The van der Waals surface area contributed by atoms with E-state index < -0.39 is 0 Å². The quantitative estimate of drug-likeness (QED) is 0.353. The molecule has 0 amide bonds. The molecule has 8 nitrogen and oxygen atoms in total. The highest BCUT2D eigenvalue weighted by Crippen LogP contribution is 2.17. The zero-order valence-corrected chi connectivity index (χ0v) is 21.5. The highest BCUT2D eigenvalue weighted by Gasteiger charge is 2.18. The molecule has 0 fully saturated rings. The van der Waals surface area contributed by atoms with Crippen LogP contribution in [0.15, 0.2) is 0 Å². The fourth-order valence-corrected chi connectivity index (χ4v) is 3.85. The van der Waals surface area contributed by atoms with E-state index in [-0.39, 0.29) is 38.0 Å². The summed E-state index contributed by atoms with van der Waals surface area (Å²) in [5.41, 5.74) is 5.60. The first-order valence-corrected chi connectivity index (χ1v) is 11.9. The van der Waals surface area contributed by atoms with Crippen molar-refractivity contribution >= 4 is 11.9 Å². The van der Waals surface area contributed by atoms with Crippen molar-refractivity contribution in [3.8, 4) is 0 Å². The van der Waals surface area contributed by atoms with Crippen LogP contribution in [0.3, 0.4) is 0 Å². The molecule has 8 heteroatoms. The van der Waals surface area contributed by atoms with E-state index >= 15 is 0 Å². The molecular formula is C25H40N4O4. The monoisotopic (exact) mass is 460 g/mol. The summed E-state index contributed by atoms with van der Waals surface area (Å²) in [5.74, 6) is 0.380. The van der Waals surface area contributed by atoms with Gasteiger partial charge in [-0.15, -0.1) is 0 Å². The third-order valence-corrected chi connectivity index (χ3v) is 5.60. The maximum absolute atomic E-state index is 12.3. The molecule has 0 aliphatic heterocycles. The van der Waals surface area contributed by atoms with Crippen LogP contribution >= 0.6 is 0 Å². The molecule has 0 saturated carbocycles. The Kier molecular flexibility index (Phi) is 9.68. The number of aryl methyl sites for hydroxylation is 2. The van der Waals surface area contributed by atoms with Gasteiger partial charge >= 0.3 is 11.9 Å².